The van der Waals surface area contributed by atoms with Gasteiger partial charge in [-0.05, 0) is 42.0 Å². The third kappa shape index (κ3) is 7.00. The third-order valence-electron chi connectivity index (χ3n) is 5.10. The van der Waals surface area contributed by atoms with Crippen molar-refractivity contribution in [1.82, 2.24) is 0 Å². The van der Waals surface area contributed by atoms with Crippen molar-refractivity contribution >= 4 is 11.4 Å². The van der Waals surface area contributed by atoms with Crippen molar-refractivity contribution in [3.8, 4) is 5.75 Å². The van der Waals surface area contributed by atoms with Gasteiger partial charge in [-0.15, -0.1) is 0 Å². The summed E-state index contributed by atoms with van der Waals surface area (Å²) in [4.78, 5) is 0. The van der Waals surface area contributed by atoms with Crippen LogP contribution in [-0.4, -0.2) is 55.2 Å². The smallest absolute Gasteiger partial charge is 0.426 e. The summed E-state index contributed by atoms with van der Waals surface area (Å²) < 4.78 is 215. The number of ether oxygens (including phenoxy) is 2. The molecule has 20 heteroatoms. The van der Waals surface area contributed by atoms with Gasteiger partial charge in [0.05, 0.1) is 18.0 Å². The number of hydrogen-bond acceptors (Lipinski definition) is 4. The molecule has 0 aliphatic carbocycles. The molecule has 42 heavy (non-hydrogen) atoms. The Hall–Kier alpha value is -3.32. The Labute approximate surface area is 223 Å². The molecule has 0 heterocycles. The lowest BCUT2D eigenvalue weighted by Gasteiger charge is -2.31. The van der Waals surface area contributed by atoms with E-state index in [1.54, 1.807) is 0 Å². The fourth-order valence-electron chi connectivity index (χ4n) is 2.62. The van der Waals surface area contributed by atoms with Crippen molar-refractivity contribution in [2.75, 3.05) is 6.61 Å². The Bertz CT molecular complexity index is 1110. The molecule has 4 nitrogen and oxygen atoms in total. The van der Waals surface area contributed by atoms with Crippen LogP contribution in [0.3, 0.4) is 0 Å². The number of benzene rings is 2. The van der Waals surface area contributed by atoms with Crippen LogP contribution in [0.5, 0.6) is 5.75 Å². The highest BCUT2D eigenvalue weighted by Crippen LogP contribution is 2.50. The molecule has 0 bridgehead atoms. The molecule has 0 radical (unpaired) electrons. The van der Waals surface area contributed by atoms with Gasteiger partial charge in [0, 0.05) is 0 Å². The average molecular weight is 642 g/mol. The second-order valence-corrected chi connectivity index (χ2v) is 8.16. The maximum atomic E-state index is 13.5. The SMILES string of the molecule is FC(F)C(F)(F)C(F)(F)C(F)(F)COc1ccc(N=Nc2ccc(COC(F)(F)C(F)(F)C(F)(F)C(F)F)cc2)cc1. The number of nitrogens with zero attached hydrogens (tertiary/aromatic N) is 2. The van der Waals surface area contributed by atoms with E-state index < -0.39 is 67.5 Å². The van der Waals surface area contributed by atoms with Crippen molar-refractivity contribution in [2.45, 2.75) is 55.2 Å². The van der Waals surface area contributed by atoms with E-state index in [0.29, 0.717) is 0 Å². The quantitative estimate of drug-likeness (QED) is 0.152. The monoisotopic (exact) mass is 642 g/mol. The summed E-state index contributed by atoms with van der Waals surface area (Å²) in [6, 6.07) is 7.56. The molecule has 2 aromatic rings. The summed E-state index contributed by atoms with van der Waals surface area (Å²) in [7, 11) is 0. The van der Waals surface area contributed by atoms with Gasteiger partial charge >= 0.3 is 48.6 Å². The highest BCUT2D eigenvalue weighted by Gasteiger charge is 2.77. The zero-order valence-electron chi connectivity index (χ0n) is 19.9. The highest BCUT2D eigenvalue weighted by molar-refractivity contribution is 5.43. The van der Waals surface area contributed by atoms with E-state index in [9.17, 15) is 70.2 Å². The molecule has 236 valence electrons. The summed E-state index contributed by atoms with van der Waals surface area (Å²) in [5, 5.41) is 7.25. The van der Waals surface area contributed by atoms with Gasteiger partial charge in [-0.2, -0.15) is 62.9 Å². The first-order chi connectivity index (χ1) is 19.0. The number of halogens is 16. The largest absolute Gasteiger partial charge is 0.487 e. The van der Waals surface area contributed by atoms with Crippen LogP contribution in [0, 0.1) is 0 Å². The number of alkyl halides is 16. The van der Waals surface area contributed by atoms with Crippen LogP contribution in [0.4, 0.5) is 81.6 Å². The number of azo groups is 1. The van der Waals surface area contributed by atoms with E-state index in [0.717, 1.165) is 48.5 Å². The molecule has 0 amide bonds. The standard InChI is InChI=1S/C22H14F16N2O2/c23-15(24)18(29,30)20(33,34)17(27,28)10-41-14-7-5-13(6-8-14)40-39-12-3-1-11(2-4-12)9-42-22(37,38)21(35,36)19(31,32)16(25)26/h1-8,15-16H,9-10H2. The van der Waals surface area contributed by atoms with E-state index in [4.69, 9.17) is 0 Å². The molecule has 2 aromatic carbocycles. The first kappa shape index (κ1) is 34.9. The van der Waals surface area contributed by atoms with E-state index in [2.05, 4.69) is 19.7 Å². The zero-order chi connectivity index (χ0) is 32.4. The molecule has 0 aliphatic heterocycles. The normalized spacial score (nSPS) is 14.3. The van der Waals surface area contributed by atoms with Gasteiger partial charge < -0.3 is 9.47 Å². The Morgan fingerprint density at radius 3 is 1.40 bits per heavy atom. The third-order valence-corrected chi connectivity index (χ3v) is 5.10. The van der Waals surface area contributed by atoms with Crippen LogP contribution in [0.1, 0.15) is 5.56 Å². The fourth-order valence-corrected chi connectivity index (χ4v) is 2.62. The van der Waals surface area contributed by atoms with Crippen molar-refractivity contribution in [3.63, 3.8) is 0 Å². The Balaban J connectivity index is 1.99. The topological polar surface area (TPSA) is 43.2 Å². The van der Waals surface area contributed by atoms with Crippen molar-refractivity contribution in [3.05, 3.63) is 54.1 Å². The summed E-state index contributed by atoms with van der Waals surface area (Å²) in [6.07, 6.45) is -16.2. The van der Waals surface area contributed by atoms with Gasteiger partial charge in [0.1, 0.15) is 5.75 Å². The van der Waals surface area contributed by atoms with Gasteiger partial charge in [0.2, 0.25) is 0 Å². The summed E-state index contributed by atoms with van der Waals surface area (Å²) in [6.45, 7) is -3.83. The zero-order valence-corrected chi connectivity index (χ0v) is 19.9. The summed E-state index contributed by atoms with van der Waals surface area (Å²) in [5.74, 6) is -32.1. The van der Waals surface area contributed by atoms with Crippen molar-refractivity contribution in [2.24, 2.45) is 10.2 Å². The van der Waals surface area contributed by atoms with Crippen LogP contribution < -0.4 is 4.74 Å². The molecular weight excluding hydrogens is 628 g/mol. The first-order valence-electron chi connectivity index (χ1n) is 10.7. The minimum absolute atomic E-state index is 0.0535. The van der Waals surface area contributed by atoms with E-state index in [-0.39, 0.29) is 16.9 Å². The molecule has 0 fully saturated rings. The lowest BCUT2D eigenvalue weighted by Crippen LogP contribution is -2.59. The summed E-state index contributed by atoms with van der Waals surface area (Å²) in [5.41, 5.74) is -0.444. The molecule has 0 unspecified atom stereocenters. The van der Waals surface area contributed by atoms with Gasteiger partial charge in [-0.3, -0.25) is 0 Å². The predicted octanol–water partition coefficient (Wildman–Crippen LogP) is 9.30. The second kappa shape index (κ2) is 12.1. The molecule has 0 saturated heterocycles. The van der Waals surface area contributed by atoms with Gasteiger partial charge in [0.25, 0.3) is 0 Å². The maximum absolute atomic E-state index is 13.5. The molecule has 0 saturated carbocycles. The summed E-state index contributed by atoms with van der Waals surface area (Å²) >= 11 is 0. The number of rotatable bonds is 14. The molecule has 0 aliphatic rings. The fraction of sp³-hybridized carbons (Fsp3) is 0.455. The predicted molar refractivity (Wildman–Crippen MR) is 109 cm³/mol. The molecule has 0 aromatic heterocycles. The molecule has 2 rings (SSSR count). The lowest BCUT2D eigenvalue weighted by molar-refractivity contribution is -0.415. The van der Waals surface area contributed by atoms with Crippen LogP contribution in [0.2, 0.25) is 0 Å². The van der Waals surface area contributed by atoms with E-state index in [1.165, 1.54) is 0 Å². The number of hydrogen-bond donors (Lipinski definition) is 0. The van der Waals surface area contributed by atoms with Crippen molar-refractivity contribution in [1.29, 1.82) is 0 Å². The molecular formula is C22H14F16N2O2. The molecule has 0 spiro atoms. The Kier molecular flexibility index (Phi) is 10.1. The minimum Gasteiger partial charge on any atom is -0.487 e. The molecule has 0 atom stereocenters. The van der Waals surface area contributed by atoms with Crippen LogP contribution in [0.15, 0.2) is 58.8 Å². The minimum atomic E-state index is -6.56. The van der Waals surface area contributed by atoms with Gasteiger partial charge in [-0.1, -0.05) is 12.1 Å². The van der Waals surface area contributed by atoms with E-state index in [1.807, 2.05) is 0 Å². The second-order valence-electron chi connectivity index (χ2n) is 8.16. The Morgan fingerprint density at radius 1 is 0.571 bits per heavy atom. The van der Waals surface area contributed by atoms with Crippen LogP contribution in [-0.2, 0) is 11.3 Å². The van der Waals surface area contributed by atoms with E-state index >= 15 is 0 Å². The maximum Gasteiger partial charge on any atom is 0.426 e. The van der Waals surface area contributed by atoms with Crippen LogP contribution >= 0.6 is 0 Å². The lowest BCUT2D eigenvalue weighted by atomic mass is 10.1. The van der Waals surface area contributed by atoms with Gasteiger partial charge in [0.15, 0.2) is 6.61 Å². The van der Waals surface area contributed by atoms with Crippen molar-refractivity contribution < 1.29 is 79.7 Å². The Morgan fingerprint density at radius 2 is 0.976 bits per heavy atom. The molecule has 0 N–H and O–H groups in total. The first-order valence-corrected chi connectivity index (χ1v) is 10.7. The average Bonchev–Trinajstić information content (AvgIpc) is 2.90. The van der Waals surface area contributed by atoms with Gasteiger partial charge in [-0.25, -0.2) is 17.6 Å². The van der Waals surface area contributed by atoms with Crippen LogP contribution in [0.25, 0.3) is 0 Å². The highest BCUT2D eigenvalue weighted by atomic mass is 19.4.